The minimum absolute atomic E-state index is 0.809. The first kappa shape index (κ1) is 25.0. The van der Waals surface area contributed by atoms with E-state index in [4.69, 9.17) is 4.74 Å². The minimum Gasteiger partial charge on any atom is -0.381 e. The van der Waals surface area contributed by atoms with Crippen LogP contribution in [0.2, 0.25) is 0 Å². The fourth-order valence-corrected chi connectivity index (χ4v) is 3.73. The van der Waals surface area contributed by atoms with Crippen LogP contribution in [-0.4, -0.2) is 13.2 Å². The second-order valence-corrected chi connectivity index (χ2v) is 8.25. The maximum atomic E-state index is 6.27. The standard InChI is InChI=1S/C24H50O/c1-5-9-13-15-19-23(17-11-7-3)21-25-22-24(18-12-8-4)20-16-14-10-6-2/h23-24H,5-22H2,1-4H3. The summed E-state index contributed by atoms with van der Waals surface area (Å²) in [6, 6.07) is 0. The van der Waals surface area contributed by atoms with Crippen molar-refractivity contribution in [2.75, 3.05) is 13.2 Å². The van der Waals surface area contributed by atoms with E-state index in [1.165, 1.54) is 103 Å². The highest BCUT2D eigenvalue weighted by Crippen LogP contribution is 2.21. The molecule has 0 aromatic carbocycles. The van der Waals surface area contributed by atoms with Crippen molar-refractivity contribution in [3.05, 3.63) is 0 Å². The Bertz CT molecular complexity index is 214. The van der Waals surface area contributed by atoms with Gasteiger partial charge in [-0.2, -0.15) is 0 Å². The van der Waals surface area contributed by atoms with Gasteiger partial charge in [-0.05, 0) is 37.5 Å². The van der Waals surface area contributed by atoms with Gasteiger partial charge in [-0.1, -0.05) is 105 Å². The summed E-state index contributed by atoms with van der Waals surface area (Å²) in [5, 5.41) is 0. The van der Waals surface area contributed by atoms with E-state index in [1.54, 1.807) is 0 Å². The predicted molar refractivity (Wildman–Crippen MR) is 114 cm³/mol. The summed E-state index contributed by atoms with van der Waals surface area (Å²) in [4.78, 5) is 0. The van der Waals surface area contributed by atoms with Crippen LogP contribution in [0, 0.1) is 11.8 Å². The Hall–Kier alpha value is -0.0400. The van der Waals surface area contributed by atoms with Gasteiger partial charge in [0.05, 0.1) is 0 Å². The molecule has 0 heterocycles. The van der Waals surface area contributed by atoms with Crippen LogP contribution in [-0.2, 0) is 4.74 Å². The quantitative estimate of drug-likeness (QED) is 0.199. The highest BCUT2D eigenvalue weighted by atomic mass is 16.5. The molecule has 0 aliphatic carbocycles. The van der Waals surface area contributed by atoms with Gasteiger partial charge in [-0.15, -0.1) is 0 Å². The van der Waals surface area contributed by atoms with Crippen LogP contribution in [0.25, 0.3) is 0 Å². The maximum Gasteiger partial charge on any atom is 0.0494 e. The molecule has 0 aliphatic rings. The van der Waals surface area contributed by atoms with Crippen LogP contribution in [0.5, 0.6) is 0 Å². The first-order valence-electron chi connectivity index (χ1n) is 11.9. The van der Waals surface area contributed by atoms with Crippen molar-refractivity contribution in [2.45, 2.75) is 130 Å². The minimum atomic E-state index is 0.809. The number of unbranched alkanes of at least 4 members (excludes halogenated alkanes) is 8. The summed E-state index contributed by atoms with van der Waals surface area (Å²) in [5.74, 6) is 1.62. The molecule has 0 saturated carbocycles. The Balaban J connectivity index is 4.06. The molecule has 0 aromatic heterocycles. The third kappa shape index (κ3) is 17.1. The Labute approximate surface area is 160 Å². The zero-order valence-corrected chi connectivity index (χ0v) is 18.3. The molecule has 0 radical (unpaired) electrons. The molecule has 2 atom stereocenters. The van der Waals surface area contributed by atoms with E-state index in [0.29, 0.717) is 0 Å². The van der Waals surface area contributed by atoms with Gasteiger partial charge in [0.15, 0.2) is 0 Å². The first-order chi connectivity index (χ1) is 12.3. The molecule has 152 valence electrons. The maximum absolute atomic E-state index is 6.27. The molecule has 0 rings (SSSR count). The predicted octanol–water partition coefficient (Wildman–Crippen LogP) is 8.56. The highest BCUT2D eigenvalue weighted by molar-refractivity contribution is 4.63. The Morgan fingerprint density at radius 2 is 0.800 bits per heavy atom. The van der Waals surface area contributed by atoms with Gasteiger partial charge >= 0.3 is 0 Å². The average molecular weight is 355 g/mol. The van der Waals surface area contributed by atoms with Gasteiger partial charge in [0.1, 0.15) is 0 Å². The molecule has 0 amide bonds. The molecular weight excluding hydrogens is 304 g/mol. The fraction of sp³-hybridized carbons (Fsp3) is 1.00. The van der Waals surface area contributed by atoms with Crippen LogP contribution in [0.4, 0.5) is 0 Å². The molecule has 0 spiro atoms. The lowest BCUT2D eigenvalue weighted by molar-refractivity contribution is 0.0590. The van der Waals surface area contributed by atoms with Gasteiger partial charge < -0.3 is 4.74 Å². The molecule has 0 N–H and O–H groups in total. The average Bonchev–Trinajstić information content (AvgIpc) is 2.63. The number of ether oxygens (including phenoxy) is 1. The van der Waals surface area contributed by atoms with Gasteiger partial charge in [0.25, 0.3) is 0 Å². The Morgan fingerprint density at radius 3 is 1.16 bits per heavy atom. The molecule has 0 saturated heterocycles. The van der Waals surface area contributed by atoms with Gasteiger partial charge in [-0.3, -0.25) is 0 Å². The first-order valence-corrected chi connectivity index (χ1v) is 11.9. The smallest absolute Gasteiger partial charge is 0.0494 e. The summed E-state index contributed by atoms with van der Waals surface area (Å²) in [6.45, 7) is 11.3. The molecule has 0 aliphatic heterocycles. The fourth-order valence-electron chi connectivity index (χ4n) is 3.73. The van der Waals surface area contributed by atoms with Crippen LogP contribution in [0.3, 0.4) is 0 Å². The zero-order valence-electron chi connectivity index (χ0n) is 18.3. The summed E-state index contributed by atoms with van der Waals surface area (Å²) < 4.78 is 6.27. The lowest BCUT2D eigenvalue weighted by Gasteiger charge is -2.21. The number of hydrogen-bond acceptors (Lipinski definition) is 1. The van der Waals surface area contributed by atoms with E-state index in [2.05, 4.69) is 27.7 Å². The second-order valence-electron chi connectivity index (χ2n) is 8.25. The Morgan fingerprint density at radius 1 is 0.440 bits per heavy atom. The molecular formula is C24H50O. The van der Waals surface area contributed by atoms with E-state index in [-0.39, 0.29) is 0 Å². The van der Waals surface area contributed by atoms with Crippen molar-refractivity contribution >= 4 is 0 Å². The largest absolute Gasteiger partial charge is 0.381 e. The molecule has 1 nitrogen and oxygen atoms in total. The van der Waals surface area contributed by atoms with Crippen molar-refractivity contribution in [1.29, 1.82) is 0 Å². The zero-order chi connectivity index (χ0) is 18.6. The van der Waals surface area contributed by atoms with Crippen molar-refractivity contribution in [1.82, 2.24) is 0 Å². The number of hydrogen-bond donors (Lipinski definition) is 0. The third-order valence-corrected chi connectivity index (χ3v) is 5.57. The Kier molecular flexibility index (Phi) is 20.2. The molecule has 0 aromatic rings. The molecule has 2 unspecified atom stereocenters. The van der Waals surface area contributed by atoms with Crippen LogP contribution in [0.1, 0.15) is 130 Å². The van der Waals surface area contributed by atoms with Gasteiger partial charge in [-0.25, -0.2) is 0 Å². The summed E-state index contributed by atoms with van der Waals surface area (Å²) in [7, 11) is 0. The molecule has 1 heteroatoms. The normalized spacial score (nSPS) is 13.9. The SMILES string of the molecule is CCCCCCC(CCCC)COCC(CCCC)CCCCCC. The van der Waals surface area contributed by atoms with E-state index >= 15 is 0 Å². The summed E-state index contributed by atoms with van der Waals surface area (Å²) in [6.07, 6.45) is 22.0. The molecule has 0 bridgehead atoms. The third-order valence-electron chi connectivity index (χ3n) is 5.57. The lowest BCUT2D eigenvalue weighted by Crippen LogP contribution is -2.16. The van der Waals surface area contributed by atoms with Crippen LogP contribution < -0.4 is 0 Å². The molecule has 25 heavy (non-hydrogen) atoms. The van der Waals surface area contributed by atoms with Crippen molar-refractivity contribution < 1.29 is 4.74 Å². The number of rotatable bonds is 20. The topological polar surface area (TPSA) is 9.23 Å². The van der Waals surface area contributed by atoms with Crippen molar-refractivity contribution in [2.24, 2.45) is 11.8 Å². The van der Waals surface area contributed by atoms with Crippen LogP contribution in [0.15, 0.2) is 0 Å². The van der Waals surface area contributed by atoms with E-state index < -0.39 is 0 Å². The van der Waals surface area contributed by atoms with Gasteiger partial charge in [0, 0.05) is 13.2 Å². The summed E-state index contributed by atoms with van der Waals surface area (Å²) in [5.41, 5.74) is 0. The van der Waals surface area contributed by atoms with E-state index in [9.17, 15) is 0 Å². The van der Waals surface area contributed by atoms with Crippen molar-refractivity contribution in [3.63, 3.8) is 0 Å². The summed E-state index contributed by atoms with van der Waals surface area (Å²) >= 11 is 0. The van der Waals surface area contributed by atoms with Crippen LogP contribution >= 0.6 is 0 Å². The second kappa shape index (κ2) is 20.3. The lowest BCUT2D eigenvalue weighted by atomic mass is 9.95. The van der Waals surface area contributed by atoms with Gasteiger partial charge in [0.2, 0.25) is 0 Å². The highest BCUT2D eigenvalue weighted by Gasteiger charge is 2.12. The monoisotopic (exact) mass is 354 g/mol. The van der Waals surface area contributed by atoms with E-state index in [0.717, 1.165) is 25.0 Å². The van der Waals surface area contributed by atoms with Crippen molar-refractivity contribution in [3.8, 4) is 0 Å². The molecule has 0 fully saturated rings. The van der Waals surface area contributed by atoms with E-state index in [1.807, 2.05) is 0 Å².